The maximum atomic E-state index is 14.0. The number of rotatable bonds is 2. The molecule has 0 aromatic heterocycles. The molecule has 0 saturated carbocycles. The van der Waals surface area contributed by atoms with Gasteiger partial charge in [-0.25, -0.2) is 8.78 Å². The number of benzene rings is 1. The van der Waals surface area contributed by atoms with Gasteiger partial charge in [-0.15, -0.1) is 0 Å². The zero-order chi connectivity index (χ0) is 13.5. The Morgan fingerprint density at radius 3 is 2.95 bits per heavy atom. The summed E-state index contributed by atoms with van der Waals surface area (Å²) in [5.74, 6) is -0.638. The second-order valence-corrected chi connectivity index (χ2v) is 5.33. The van der Waals surface area contributed by atoms with Gasteiger partial charge in [-0.1, -0.05) is 18.2 Å². The number of hydrogen-bond acceptors (Lipinski definition) is 3. The van der Waals surface area contributed by atoms with Crippen molar-refractivity contribution in [2.24, 2.45) is 5.92 Å². The molecule has 2 heterocycles. The van der Waals surface area contributed by atoms with Crippen LogP contribution in [0.3, 0.4) is 0 Å². The lowest BCUT2D eigenvalue weighted by atomic mass is 9.75. The summed E-state index contributed by atoms with van der Waals surface area (Å²) in [6.45, 7) is 1.60. The lowest BCUT2D eigenvalue weighted by Crippen LogP contribution is -2.49. The van der Waals surface area contributed by atoms with E-state index in [9.17, 15) is 8.78 Å². The third kappa shape index (κ3) is 1.96. The standard InChI is InChI=1S/C14H17F2NO2/c1-9-6-13-11(7-18-9)14(8-15,17-19-13)10-4-2-3-5-12(10)16/h2-5,9,11,13,17H,6-8H2,1H3/t9-,11+,13-,14-/m1/s1. The van der Waals surface area contributed by atoms with Gasteiger partial charge in [0.1, 0.15) is 18.0 Å². The van der Waals surface area contributed by atoms with Crippen LogP contribution in [0.4, 0.5) is 8.78 Å². The number of halogens is 2. The first-order valence-corrected chi connectivity index (χ1v) is 6.53. The van der Waals surface area contributed by atoms with E-state index in [1.165, 1.54) is 6.07 Å². The molecule has 0 spiro atoms. The first-order chi connectivity index (χ1) is 9.17. The topological polar surface area (TPSA) is 30.5 Å². The van der Waals surface area contributed by atoms with Crippen LogP contribution in [-0.2, 0) is 15.1 Å². The van der Waals surface area contributed by atoms with Gasteiger partial charge in [0.15, 0.2) is 0 Å². The van der Waals surface area contributed by atoms with E-state index in [-0.39, 0.29) is 18.1 Å². The van der Waals surface area contributed by atoms with Crippen molar-refractivity contribution >= 4 is 0 Å². The van der Waals surface area contributed by atoms with Gasteiger partial charge in [0, 0.05) is 17.9 Å². The van der Waals surface area contributed by atoms with E-state index in [0.717, 1.165) is 0 Å². The van der Waals surface area contributed by atoms with E-state index >= 15 is 0 Å². The van der Waals surface area contributed by atoms with Crippen LogP contribution in [0.2, 0.25) is 0 Å². The molecule has 3 nitrogen and oxygen atoms in total. The van der Waals surface area contributed by atoms with Crippen LogP contribution >= 0.6 is 0 Å². The van der Waals surface area contributed by atoms with Crippen molar-refractivity contribution in [3.8, 4) is 0 Å². The summed E-state index contributed by atoms with van der Waals surface area (Å²) >= 11 is 0. The molecule has 0 radical (unpaired) electrons. The van der Waals surface area contributed by atoms with Gasteiger partial charge in [0.2, 0.25) is 0 Å². The second-order valence-electron chi connectivity index (χ2n) is 5.33. The summed E-state index contributed by atoms with van der Waals surface area (Å²) in [6.07, 6.45) is 0.631. The highest BCUT2D eigenvalue weighted by Gasteiger charge is 2.54. The summed E-state index contributed by atoms with van der Waals surface area (Å²) in [5.41, 5.74) is 1.91. The van der Waals surface area contributed by atoms with Crippen LogP contribution in [-0.4, -0.2) is 25.5 Å². The zero-order valence-electron chi connectivity index (χ0n) is 10.7. The average molecular weight is 269 g/mol. The Balaban J connectivity index is 1.99. The van der Waals surface area contributed by atoms with E-state index in [2.05, 4.69) is 5.48 Å². The Morgan fingerprint density at radius 2 is 2.21 bits per heavy atom. The molecule has 0 bridgehead atoms. The molecular weight excluding hydrogens is 252 g/mol. The molecule has 0 aliphatic carbocycles. The van der Waals surface area contributed by atoms with Gasteiger partial charge >= 0.3 is 0 Å². The van der Waals surface area contributed by atoms with Crippen LogP contribution in [0.1, 0.15) is 18.9 Å². The molecule has 2 aliphatic heterocycles. The summed E-state index contributed by atoms with van der Waals surface area (Å²) in [7, 11) is 0. The fraction of sp³-hybridized carbons (Fsp3) is 0.571. The van der Waals surface area contributed by atoms with E-state index in [0.29, 0.717) is 18.6 Å². The van der Waals surface area contributed by atoms with Gasteiger partial charge in [0.25, 0.3) is 0 Å². The van der Waals surface area contributed by atoms with Crippen molar-refractivity contribution in [1.29, 1.82) is 0 Å². The molecule has 2 saturated heterocycles. The first kappa shape index (κ1) is 13.0. The van der Waals surface area contributed by atoms with Gasteiger partial charge < -0.3 is 4.74 Å². The Morgan fingerprint density at radius 1 is 1.42 bits per heavy atom. The number of hydrogen-bond donors (Lipinski definition) is 1. The van der Waals surface area contributed by atoms with Crippen molar-refractivity contribution < 1.29 is 18.4 Å². The lowest BCUT2D eigenvalue weighted by molar-refractivity contribution is -0.0765. The monoisotopic (exact) mass is 269 g/mol. The van der Waals surface area contributed by atoms with Gasteiger partial charge in [-0.2, -0.15) is 5.48 Å². The third-order valence-corrected chi connectivity index (χ3v) is 4.16. The Bertz CT molecular complexity index is 471. The number of nitrogens with one attached hydrogen (secondary N) is 1. The molecule has 3 rings (SSSR count). The van der Waals surface area contributed by atoms with Crippen molar-refractivity contribution in [2.45, 2.75) is 31.1 Å². The SMILES string of the molecule is C[C@@H]1C[C@H]2ON[C@](CF)(c3ccccc3F)[C@H]2CO1. The third-order valence-electron chi connectivity index (χ3n) is 4.16. The molecule has 1 aromatic rings. The molecule has 4 atom stereocenters. The Kier molecular flexibility index (Phi) is 3.28. The Hall–Kier alpha value is -1.04. The summed E-state index contributed by atoms with van der Waals surface area (Å²) < 4.78 is 33.3. The number of ether oxygens (including phenoxy) is 1. The highest BCUT2D eigenvalue weighted by Crippen LogP contribution is 2.43. The quantitative estimate of drug-likeness (QED) is 0.893. The number of hydroxylamine groups is 1. The van der Waals surface area contributed by atoms with Crippen molar-refractivity contribution in [2.75, 3.05) is 13.3 Å². The summed E-state index contributed by atoms with van der Waals surface area (Å²) in [6, 6.07) is 6.24. The average Bonchev–Trinajstić information content (AvgIpc) is 2.78. The molecule has 1 N–H and O–H groups in total. The molecule has 1 aromatic carbocycles. The van der Waals surface area contributed by atoms with E-state index < -0.39 is 18.0 Å². The van der Waals surface area contributed by atoms with Crippen LogP contribution in [0.15, 0.2) is 24.3 Å². The largest absolute Gasteiger partial charge is 0.378 e. The lowest BCUT2D eigenvalue weighted by Gasteiger charge is -2.36. The minimum absolute atomic E-state index is 0.0825. The highest BCUT2D eigenvalue weighted by molar-refractivity contribution is 5.29. The van der Waals surface area contributed by atoms with Gasteiger partial charge in [0.05, 0.1) is 18.8 Å². The second kappa shape index (κ2) is 4.81. The smallest absolute Gasteiger partial charge is 0.128 e. The minimum Gasteiger partial charge on any atom is -0.378 e. The molecule has 2 fully saturated rings. The molecule has 19 heavy (non-hydrogen) atoms. The maximum Gasteiger partial charge on any atom is 0.128 e. The molecule has 0 amide bonds. The van der Waals surface area contributed by atoms with E-state index in [4.69, 9.17) is 9.57 Å². The van der Waals surface area contributed by atoms with Crippen molar-refractivity contribution in [3.63, 3.8) is 0 Å². The molecular formula is C14H17F2NO2. The number of fused-ring (bicyclic) bond motifs is 1. The molecule has 5 heteroatoms. The predicted octanol–water partition coefficient (Wildman–Crippen LogP) is 2.32. The first-order valence-electron chi connectivity index (χ1n) is 6.53. The van der Waals surface area contributed by atoms with Crippen LogP contribution < -0.4 is 5.48 Å². The Labute approximate surface area is 110 Å². The van der Waals surface area contributed by atoms with Crippen molar-refractivity contribution in [3.05, 3.63) is 35.6 Å². The zero-order valence-corrected chi connectivity index (χ0v) is 10.7. The van der Waals surface area contributed by atoms with Crippen LogP contribution in [0.5, 0.6) is 0 Å². The molecule has 104 valence electrons. The minimum atomic E-state index is -1.14. The predicted molar refractivity (Wildman–Crippen MR) is 65.6 cm³/mol. The van der Waals surface area contributed by atoms with Crippen molar-refractivity contribution in [1.82, 2.24) is 5.48 Å². The van der Waals surface area contributed by atoms with Crippen LogP contribution in [0.25, 0.3) is 0 Å². The fourth-order valence-electron chi connectivity index (χ4n) is 3.06. The van der Waals surface area contributed by atoms with E-state index in [1.54, 1.807) is 18.2 Å². The normalized spacial score (nSPS) is 38.2. The maximum absolute atomic E-state index is 14.0. The van der Waals surface area contributed by atoms with E-state index in [1.807, 2.05) is 6.92 Å². The fourth-order valence-corrected chi connectivity index (χ4v) is 3.06. The van der Waals surface area contributed by atoms with Gasteiger partial charge in [-0.3, -0.25) is 4.84 Å². The van der Waals surface area contributed by atoms with Gasteiger partial charge in [-0.05, 0) is 13.0 Å². The molecule has 0 unspecified atom stereocenters. The number of alkyl halides is 1. The summed E-state index contributed by atoms with van der Waals surface area (Å²) in [4.78, 5) is 5.51. The highest BCUT2D eigenvalue weighted by atomic mass is 19.1. The molecule has 2 aliphatic rings. The van der Waals surface area contributed by atoms with Crippen LogP contribution in [0, 0.1) is 11.7 Å². The summed E-state index contributed by atoms with van der Waals surface area (Å²) in [5, 5.41) is 0.